The van der Waals surface area contributed by atoms with Gasteiger partial charge in [0.2, 0.25) is 0 Å². The number of rotatable bonds is 8. The number of unbranched alkanes of at least 4 members (excludes halogenated alkanes) is 1. The Kier molecular flexibility index (Phi) is 6.86. The second-order valence-electron chi connectivity index (χ2n) is 6.16. The molecular weight excluding hydrogens is 292 g/mol. The molecule has 1 fully saturated rings. The third-order valence-electron chi connectivity index (χ3n) is 4.54. The fraction of sp³-hybridized carbons (Fsp3) is 0.611. The highest BCUT2D eigenvalue weighted by atomic mass is 16.5. The monoisotopic (exact) mass is 320 g/mol. The van der Waals surface area contributed by atoms with E-state index in [-0.39, 0.29) is 12.5 Å². The van der Waals surface area contributed by atoms with E-state index in [1.54, 1.807) is 13.2 Å². The van der Waals surface area contributed by atoms with Crippen molar-refractivity contribution in [1.82, 2.24) is 10.2 Å². The number of likely N-dealkylation sites (tertiary alicyclic amines) is 1. The highest BCUT2D eigenvalue weighted by Gasteiger charge is 2.22. The number of hydrogen-bond donors (Lipinski definition) is 2. The summed E-state index contributed by atoms with van der Waals surface area (Å²) in [4.78, 5) is 14.5. The van der Waals surface area contributed by atoms with Gasteiger partial charge < -0.3 is 15.2 Å². The smallest absolute Gasteiger partial charge is 0.251 e. The minimum atomic E-state index is -0.0577. The van der Waals surface area contributed by atoms with Gasteiger partial charge in [-0.25, -0.2) is 0 Å². The van der Waals surface area contributed by atoms with Crippen LogP contribution < -0.4 is 10.1 Å². The topological polar surface area (TPSA) is 61.8 Å². The summed E-state index contributed by atoms with van der Waals surface area (Å²) in [7, 11) is 1.61. The molecule has 5 nitrogen and oxygen atoms in total. The van der Waals surface area contributed by atoms with Gasteiger partial charge in [0.1, 0.15) is 5.75 Å². The van der Waals surface area contributed by atoms with Crippen LogP contribution in [0, 0.1) is 6.92 Å². The fourth-order valence-electron chi connectivity index (χ4n) is 3.10. The van der Waals surface area contributed by atoms with Gasteiger partial charge in [0.05, 0.1) is 13.7 Å². The maximum absolute atomic E-state index is 12.1. The molecule has 128 valence electrons. The SMILES string of the molecule is COc1cc(C(=O)NCCCCN2CCCC2CO)ccc1C. The zero-order valence-corrected chi connectivity index (χ0v) is 14.2. The first-order valence-electron chi connectivity index (χ1n) is 8.43. The maximum Gasteiger partial charge on any atom is 0.251 e. The van der Waals surface area contributed by atoms with Crippen molar-refractivity contribution < 1.29 is 14.6 Å². The minimum absolute atomic E-state index is 0.0577. The lowest BCUT2D eigenvalue weighted by Crippen LogP contribution is -2.33. The second kappa shape index (κ2) is 8.89. The third-order valence-corrected chi connectivity index (χ3v) is 4.54. The van der Waals surface area contributed by atoms with Crippen molar-refractivity contribution in [3.8, 4) is 5.75 Å². The molecule has 1 aliphatic heterocycles. The second-order valence-corrected chi connectivity index (χ2v) is 6.16. The molecule has 1 aromatic rings. The number of nitrogens with zero attached hydrogens (tertiary/aromatic N) is 1. The molecule has 0 saturated carbocycles. The summed E-state index contributed by atoms with van der Waals surface area (Å²) in [5.41, 5.74) is 1.65. The number of ether oxygens (including phenoxy) is 1. The molecule has 1 atom stereocenters. The molecule has 0 aliphatic carbocycles. The van der Waals surface area contributed by atoms with Gasteiger partial charge in [-0.2, -0.15) is 0 Å². The van der Waals surface area contributed by atoms with Crippen LogP contribution in [-0.4, -0.2) is 55.3 Å². The number of aryl methyl sites for hydroxylation is 1. The van der Waals surface area contributed by atoms with E-state index in [9.17, 15) is 9.90 Å². The van der Waals surface area contributed by atoms with Crippen LogP contribution in [0.25, 0.3) is 0 Å². The number of amides is 1. The van der Waals surface area contributed by atoms with Crippen molar-refractivity contribution in [2.45, 2.75) is 38.6 Å². The molecule has 23 heavy (non-hydrogen) atoms. The van der Waals surface area contributed by atoms with Crippen LogP contribution in [0.5, 0.6) is 5.75 Å². The molecule has 1 aromatic carbocycles. The Bertz CT molecular complexity index is 519. The summed E-state index contributed by atoms with van der Waals surface area (Å²) in [5.74, 6) is 0.680. The molecule has 0 spiro atoms. The average Bonchev–Trinajstić information content (AvgIpc) is 3.02. The van der Waals surface area contributed by atoms with E-state index in [1.807, 2.05) is 19.1 Å². The first kappa shape index (κ1) is 17.8. The third kappa shape index (κ3) is 4.94. The lowest BCUT2D eigenvalue weighted by Gasteiger charge is -2.22. The summed E-state index contributed by atoms with van der Waals surface area (Å²) in [6.45, 7) is 4.97. The van der Waals surface area contributed by atoms with E-state index in [4.69, 9.17) is 4.74 Å². The Hall–Kier alpha value is -1.59. The van der Waals surface area contributed by atoms with Gasteiger partial charge in [0.15, 0.2) is 0 Å². The number of aliphatic hydroxyl groups excluding tert-OH is 1. The average molecular weight is 320 g/mol. The van der Waals surface area contributed by atoms with Gasteiger partial charge >= 0.3 is 0 Å². The van der Waals surface area contributed by atoms with Gasteiger partial charge in [-0.05, 0) is 63.4 Å². The van der Waals surface area contributed by atoms with Crippen molar-refractivity contribution >= 4 is 5.91 Å². The number of aliphatic hydroxyl groups is 1. The highest BCUT2D eigenvalue weighted by molar-refractivity contribution is 5.94. The van der Waals surface area contributed by atoms with E-state index in [0.717, 1.165) is 43.7 Å². The summed E-state index contributed by atoms with van der Waals surface area (Å²) in [5, 5.41) is 12.2. The fourth-order valence-corrected chi connectivity index (χ4v) is 3.10. The van der Waals surface area contributed by atoms with Crippen LogP contribution in [0.15, 0.2) is 18.2 Å². The first-order valence-corrected chi connectivity index (χ1v) is 8.43. The normalized spacial score (nSPS) is 18.1. The summed E-state index contributed by atoms with van der Waals surface area (Å²) in [6, 6.07) is 5.84. The molecule has 2 N–H and O–H groups in total. The van der Waals surface area contributed by atoms with Crippen LogP contribution in [0.2, 0.25) is 0 Å². The first-order chi connectivity index (χ1) is 11.2. The minimum Gasteiger partial charge on any atom is -0.496 e. The van der Waals surface area contributed by atoms with E-state index >= 15 is 0 Å². The van der Waals surface area contributed by atoms with Gasteiger partial charge in [0, 0.05) is 18.2 Å². The van der Waals surface area contributed by atoms with Crippen LogP contribution in [-0.2, 0) is 0 Å². The summed E-state index contributed by atoms with van der Waals surface area (Å²) in [6.07, 6.45) is 4.26. The molecule has 1 saturated heterocycles. The van der Waals surface area contributed by atoms with Crippen LogP contribution in [0.4, 0.5) is 0 Å². The van der Waals surface area contributed by atoms with Crippen molar-refractivity contribution in [3.05, 3.63) is 29.3 Å². The molecule has 0 radical (unpaired) electrons. The predicted molar refractivity (Wildman–Crippen MR) is 91.0 cm³/mol. The molecule has 1 unspecified atom stereocenters. The largest absolute Gasteiger partial charge is 0.496 e. The highest BCUT2D eigenvalue weighted by Crippen LogP contribution is 2.19. The lowest BCUT2D eigenvalue weighted by molar-refractivity contribution is 0.0952. The zero-order valence-electron chi connectivity index (χ0n) is 14.2. The maximum atomic E-state index is 12.1. The number of hydrogen-bond acceptors (Lipinski definition) is 4. The number of carbonyl (C=O) groups is 1. The lowest BCUT2D eigenvalue weighted by atomic mass is 10.1. The number of nitrogens with one attached hydrogen (secondary N) is 1. The van der Waals surface area contributed by atoms with Gasteiger partial charge in [-0.3, -0.25) is 9.69 Å². The summed E-state index contributed by atoms with van der Waals surface area (Å²) >= 11 is 0. The molecule has 1 amide bonds. The zero-order chi connectivity index (χ0) is 16.7. The summed E-state index contributed by atoms with van der Waals surface area (Å²) < 4.78 is 5.25. The molecule has 5 heteroatoms. The van der Waals surface area contributed by atoms with Crippen molar-refractivity contribution in [2.24, 2.45) is 0 Å². The van der Waals surface area contributed by atoms with Gasteiger partial charge in [-0.15, -0.1) is 0 Å². The molecule has 2 rings (SSSR count). The Morgan fingerprint density at radius 3 is 3.00 bits per heavy atom. The molecule has 0 aromatic heterocycles. The van der Waals surface area contributed by atoms with Gasteiger partial charge in [0.25, 0.3) is 5.91 Å². The number of carbonyl (C=O) groups excluding carboxylic acids is 1. The van der Waals surface area contributed by atoms with Crippen LogP contribution in [0.3, 0.4) is 0 Å². The molecule has 1 aliphatic rings. The standard InChI is InChI=1S/C18H28N2O3/c1-14-7-8-15(12-17(14)23-2)18(22)19-9-3-4-10-20-11-5-6-16(20)13-21/h7-8,12,16,21H,3-6,9-11,13H2,1-2H3,(H,19,22). The Morgan fingerprint density at radius 2 is 2.26 bits per heavy atom. The van der Waals surface area contributed by atoms with E-state index < -0.39 is 0 Å². The number of methoxy groups -OCH3 is 1. The molecule has 1 heterocycles. The van der Waals surface area contributed by atoms with Crippen molar-refractivity contribution in [2.75, 3.05) is 33.4 Å². The van der Waals surface area contributed by atoms with E-state index in [2.05, 4.69) is 10.2 Å². The molecular formula is C18H28N2O3. The predicted octanol–water partition coefficient (Wildman–Crippen LogP) is 1.97. The Labute approximate surface area is 138 Å². The van der Waals surface area contributed by atoms with Gasteiger partial charge in [-0.1, -0.05) is 6.07 Å². The van der Waals surface area contributed by atoms with Crippen molar-refractivity contribution in [1.29, 1.82) is 0 Å². The van der Waals surface area contributed by atoms with Crippen molar-refractivity contribution in [3.63, 3.8) is 0 Å². The van der Waals surface area contributed by atoms with E-state index in [1.165, 1.54) is 6.42 Å². The van der Waals surface area contributed by atoms with E-state index in [0.29, 0.717) is 18.2 Å². The molecule has 0 bridgehead atoms. The Balaban J connectivity index is 1.69. The number of benzene rings is 1. The quantitative estimate of drug-likeness (QED) is 0.719. The Morgan fingerprint density at radius 1 is 1.43 bits per heavy atom. The van der Waals surface area contributed by atoms with Crippen LogP contribution >= 0.6 is 0 Å². The van der Waals surface area contributed by atoms with Crippen LogP contribution in [0.1, 0.15) is 41.6 Å².